The van der Waals surface area contributed by atoms with E-state index in [-0.39, 0.29) is 5.91 Å². The monoisotopic (exact) mass is 435 g/mol. The summed E-state index contributed by atoms with van der Waals surface area (Å²) in [6.07, 6.45) is 8.90. The number of aryl methyl sites for hydroxylation is 1. The van der Waals surface area contributed by atoms with Gasteiger partial charge in [-0.2, -0.15) is 0 Å². The molecule has 2 aromatic heterocycles. The fraction of sp³-hybridized carbons (Fsp3) is 0.500. The van der Waals surface area contributed by atoms with Crippen LogP contribution in [0.4, 0.5) is 4.39 Å². The van der Waals surface area contributed by atoms with Gasteiger partial charge in [0.1, 0.15) is 0 Å². The molecular weight excluding hydrogens is 405 g/mol. The minimum absolute atomic E-state index is 0.170. The largest absolute Gasteiger partial charge is 0.441 e. The third kappa shape index (κ3) is 4.27. The van der Waals surface area contributed by atoms with Gasteiger partial charge in [-0.15, -0.1) is 0 Å². The van der Waals surface area contributed by atoms with Crippen LogP contribution in [0.15, 0.2) is 41.1 Å². The van der Waals surface area contributed by atoms with Crippen molar-refractivity contribution in [1.29, 1.82) is 0 Å². The molecule has 2 aliphatic heterocycles. The average Bonchev–Trinajstić information content (AvgIpc) is 3.32. The molecule has 2 saturated heterocycles. The summed E-state index contributed by atoms with van der Waals surface area (Å²) in [6, 6.07) is 8.71. The second-order valence-electron chi connectivity index (χ2n) is 9.54. The highest BCUT2D eigenvalue weighted by Crippen LogP contribution is 2.41. The number of hydrogen-bond acceptors (Lipinski definition) is 4. The van der Waals surface area contributed by atoms with Crippen LogP contribution in [0.2, 0.25) is 0 Å². The van der Waals surface area contributed by atoms with E-state index in [0.29, 0.717) is 36.7 Å². The van der Waals surface area contributed by atoms with E-state index in [0.717, 1.165) is 59.9 Å². The molecule has 2 bridgehead atoms. The molecule has 3 aromatic rings. The van der Waals surface area contributed by atoms with Crippen LogP contribution < -0.4 is 0 Å². The third-order valence-electron chi connectivity index (χ3n) is 7.11. The number of amides is 1. The number of halogens is 1. The number of pyridine rings is 1. The standard InChI is InChI=1S/C26H30FN3O2/c1-16(27)3-4-18-9-23-7-8-24(10-18)30(23)26(31)13-22-12-21-11-19(5-6-20(21)14-29-22)25-15-28-17(2)32-25/h5-6,11-12,14-16,18,23-24H,3-4,7-10,13H2,1-2H3/t16?,18?,23-,24+. The molecule has 5 nitrogen and oxygen atoms in total. The first-order valence-corrected chi connectivity index (χ1v) is 11.7. The summed E-state index contributed by atoms with van der Waals surface area (Å²) in [6.45, 7) is 3.47. The van der Waals surface area contributed by atoms with E-state index in [1.54, 1.807) is 13.1 Å². The molecule has 168 valence electrons. The van der Waals surface area contributed by atoms with Crippen molar-refractivity contribution in [2.45, 2.75) is 77.0 Å². The van der Waals surface area contributed by atoms with Gasteiger partial charge in [0.05, 0.1) is 24.5 Å². The lowest BCUT2D eigenvalue weighted by atomic mass is 9.86. The Bertz CT molecular complexity index is 1110. The van der Waals surface area contributed by atoms with Gasteiger partial charge in [0.2, 0.25) is 5.91 Å². The van der Waals surface area contributed by atoms with E-state index in [9.17, 15) is 9.18 Å². The van der Waals surface area contributed by atoms with E-state index in [2.05, 4.69) is 20.9 Å². The number of carbonyl (C=O) groups is 1. The fourth-order valence-corrected chi connectivity index (χ4v) is 5.58. The van der Waals surface area contributed by atoms with Crippen LogP contribution in [0.3, 0.4) is 0 Å². The van der Waals surface area contributed by atoms with Crippen molar-refractivity contribution >= 4 is 16.7 Å². The summed E-state index contributed by atoms with van der Waals surface area (Å²) in [4.78, 5) is 24.1. The molecule has 1 aromatic carbocycles. The number of alkyl halides is 1. The number of aromatic nitrogens is 2. The molecule has 0 N–H and O–H groups in total. The van der Waals surface area contributed by atoms with Gasteiger partial charge < -0.3 is 9.32 Å². The highest BCUT2D eigenvalue weighted by molar-refractivity contribution is 5.87. The van der Waals surface area contributed by atoms with Crippen molar-refractivity contribution in [3.05, 3.63) is 48.2 Å². The molecule has 6 heteroatoms. The van der Waals surface area contributed by atoms with Gasteiger partial charge in [0.25, 0.3) is 0 Å². The van der Waals surface area contributed by atoms with Gasteiger partial charge in [-0.1, -0.05) is 12.1 Å². The summed E-state index contributed by atoms with van der Waals surface area (Å²) in [5.74, 6) is 2.09. The van der Waals surface area contributed by atoms with Crippen LogP contribution in [-0.2, 0) is 11.2 Å². The molecule has 0 aliphatic carbocycles. The summed E-state index contributed by atoms with van der Waals surface area (Å²) < 4.78 is 18.9. The Morgan fingerprint density at radius 1 is 1.16 bits per heavy atom. The Morgan fingerprint density at radius 3 is 2.62 bits per heavy atom. The van der Waals surface area contributed by atoms with Gasteiger partial charge in [-0.25, -0.2) is 9.37 Å². The van der Waals surface area contributed by atoms with Crippen molar-refractivity contribution in [3.8, 4) is 11.3 Å². The molecule has 2 fully saturated rings. The Morgan fingerprint density at radius 2 is 1.94 bits per heavy atom. The van der Waals surface area contributed by atoms with E-state index in [1.807, 2.05) is 31.3 Å². The van der Waals surface area contributed by atoms with Gasteiger partial charge in [0, 0.05) is 36.2 Å². The Kier molecular flexibility index (Phi) is 5.70. The van der Waals surface area contributed by atoms with Crippen molar-refractivity contribution in [1.82, 2.24) is 14.9 Å². The summed E-state index contributed by atoms with van der Waals surface area (Å²) >= 11 is 0. The van der Waals surface area contributed by atoms with E-state index >= 15 is 0 Å². The molecular formula is C26H30FN3O2. The number of benzene rings is 1. The lowest BCUT2D eigenvalue weighted by molar-refractivity contribution is -0.135. The number of piperidine rings is 1. The maximum absolute atomic E-state index is 13.3. The minimum Gasteiger partial charge on any atom is -0.441 e. The Labute approximate surface area is 188 Å². The van der Waals surface area contributed by atoms with Crippen LogP contribution in [0, 0.1) is 12.8 Å². The predicted octanol–water partition coefficient (Wildman–Crippen LogP) is 5.65. The molecule has 4 atom stereocenters. The molecule has 0 spiro atoms. The first kappa shape index (κ1) is 21.1. The SMILES string of the molecule is Cc1ncc(-c2ccc3cnc(CC(=O)N4[C@@H]5CC[C@H]4CC(CCC(C)F)C5)cc3c2)o1. The number of oxazole rings is 1. The highest BCUT2D eigenvalue weighted by atomic mass is 19.1. The third-order valence-corrected chi connectivity index (χ3v) is 7.11. The van der Waals surface area contributed by atoms with Crippen LogP contribution in [0.1, 0.15) is 57.0 Å². The quantitative estimate of drug-likeness (QED) is 0.502. The zero-order valence-corrected chi connectivity index (χ0v) is 18.8. The first-order chi connectivity index (χ1) is 15.5. The van der Waals surface area contributed by atoms with Gasteiger partial charge in [-0.3, -0.25) is 9.78 Å². The second-order valence-corrected chi connectivity index (χ2v) is 9.54. The van der Waals surface area contributed by atoms with Gasteiger partial charge >= 0.3 is 0 Å². The Balaban J connectivity index is 1.29. The minimum atomic E-state index is -0.736. The van der Waals surface area contributed by atoms with Crippen LogP contribution in [0.5, 0.6) is 0 Å². The predicted molar refractivity (Wildman–Crippen MR) is 122 cm³/mol. The maximum atomic E-state index is 13.3. The van der Waals surface area contributed by atoms with Crippen molar-refractivity contribution < 1.29 is 13.6 Å². The molecule has 2 aliphatic rings. The maximum Gasteiger partial charge on any atom is 0.229 e. The van der Waals surface area contributed by atoms with Crippen molar-refractivity contribution in [3.63, 3.8) is 0 Å². The van der Waals surface area contributed by atoms with Crippen LogP contribution >= 0.6 is 0 Å². The Hall–Kier alpha value is -2.76. The zero-order valence-electron chi connectivity index (χ0n) is 18.8. The zero-order chi connectivity index (χ0) is 22.2. The first-order valence-electron chi connectivity index (χ1n) is 11.7. The molecule has 4 heterocycles. The normalized spacial score (nSPS) is 23.6. The molecule has 5 rings (SSSR count). The van der Waals surface area contributed by atoms with Gasteiger partial charge in [0.15, 0.2) is 11.7 Å². The highest BCUT2D eigenvalue weighted by Gasteiger charge is 2.42. The number of fused-ring (bicyclic) bond motifs is 3. The summed E-state index contributed by atoms with van der Waals surface area (Å²) in [5, 5.41) is 2.07. The van der Waals surface area contributed by atoms with Crippen LogP contribution in [-0.4, -0.2) is 39.0 Å². The smallest absolute Gasteiger partial charge is 0.229 e. The van der Waals surface area contributed by atoms with Crippen molar-refractivity contribution in [2.24, 2.45) is 5.92 Å². The molecule has 0 radical (unpaired) electrons. The lowest BCUT2D eigenvalue weighted by Gasteiger charge is -2.39. The van der Waals surface area contributed by atoms with Gasteiger partial charge in [-0.05, 0) is 68.9 Å². The second kappa shape index (κ2) is 8.64. The van der Waals surface area contributed by atoms with E-state index in [1.165, 1.54) is 0 Å². The molecule has 1 amide bonds. The number of carbonyl (C=O) groups excluding carboxylic acids is 1. The number of nitrogens with zero attached hydrogens (tertiary/aromatic N) is 3. The summed E-state index contributed by atoms with van der Waals surface area (Å²) in [5.41, 5.74) is 1.76. The number of hydrogen-bond donors (Lipinski definition) is 0. The van der Waals surface area contributed by atoms with E-state index in [4.69, 9.17) is 4.42 Å². The fourth-order valence-electron chi connectivity index (χ4n) is 5.58. The molecule has 2 unspecified atom stereocenters. The topological polar surface area (TPSA) is 59.2 Å². The van der Waals surface area contributed by atoms with Crippen molar-refractivity contribution in [2.75, 3.05) is 0 Å². The molecule has 32 heavy (non-hydrogen) atoms. The lowest BCUT2D eigenvalue weighted by Crippen LogP contribution is -2.47. The average molecular weight is 436 g/mol. The summed E-state index contributed by atoms with van der Waals surface area (Å²) in [7, 11) is 0. The number of rotatable bonds is 6. The van der Waals surface area contributed by atoms with Crippen LogP contribution in [0.25, 0.3) is 22.1 Å². The van der Waals surface area contributed by atoms with E-state index < -0.39 is 6.17 Å². The molecule has 0 saturated carbocycles.